The van der Waals surface area contributed by atoms with Crippen molar-refractivity contribution < 1.29 is 18.4 Å². The lowest BCUT2D eigenvalue weighted by Gasteiger charge is -2.38. The zero-order valence-electron chi connectivity index (χ0n) is 18.9. The number of carbonyl (C=O) groups excluding carboxylic acids is 2. The molecule has 0 aliphatic carbocycles. The zero-order valence-corrected chi connectivity index (χ0v) is 18.9. The van der Waals surface area contributed by atoms with Gasteiger partial charge in [0.2, 0.25) is 0 Å². The quantitative estimate of drug-likeness (QED) is 0.673. The lowest BCUT2D eigenvalue weighted by Crippen LogP contribution is -2.49. The summed E-state index contributed by atoms with van der Waals surface area (Å²) in [6.07, 6.45) is 0.975. The van der Waals surface area contributed by atoms with E-state index in [1.807, 2.05) is 0 Å². The molecule has 2 aliphatic rings. The van der Waals surface area contributed by atoms with Crippen LogP contribution < -0.4 is 15.5 Å². The van der Waals surface area contributed by atoms with E-state index in [1.165, 1.54) is 11.3 Å². The van der Waals surface area contributed by atoms with Gasteiger partial charge >= 0.3 is 11.8 Å². The first-order valence-electron chi connectivity index (χ1n) is 11.1. The van der Waals surface area contributed by atoms with Gasteiger partial charge in [-0.1, -0.05) is 12.1 Å². The molecule has 7 nitrogen and oxygen atoms in total. The summed E-state index contributed by atoms with van der Waals surface area (Å²) >= 11 is 0. The standard InChI is InChI=1S/C24H29F2N5O2/c1-29-9-11-31(12-10-29)22(16-3-6-21-17(13-16)7-8-30(21)2)15-27-23(32)24(33)28-20-14-18(25)4-5-19(20)26/h3-6,13-14,22H,7-12,15H2,1-2H3,(H,27,32)(H,28,33). The fourth-order valence-electron chi connectivity index (χ4n) is 4.43. The summed E-state index contributed by atoms with van der Waals surface area (Å²) in [6, 6.07) is 8.97. The molecule has 1 atom stereocenters. The van der Waals surface area contributed by atoms with Crippen molar-refractivity contribution in [3.05, 3.63) is 59.2 Å². The number of nitrogens with one attached hydrogen (secondary N) is 2. The Kier molecular flexibility index (Phi) is 6.90. The van der Waals surface area contributed by atoms with Crippen molar-refractivity contribution in [1.29, 1.82) is 0 Å². The van der Waals surface area contributed by atoms with E-state index in [2.05, 4.69) is 57.6 Å². The van der Waals surface area contributed by atoms with E-state index >= 15 is 0 Å². The van der Waals surface area contributed by atoms with Gasteiger partial charge in [-0.05, 0) is 42.8 Å². The van der Waals surface area contributed by atoms with E-state index < -0.39 is 23.4 Å². The maximum Gasteiger partial charge on any atom is 0.313 e. The molecule has 0 spiro atoms. The highest BCUT2D eigenvalue weighted by molar-refractivity contribution is 6.39. The summed E-state index contributed by atoms with van der Waals surface area (Å²) in [6.45, 7) is 4.72. The summed E-state index contributed by atoms with van der Waals surface area (Å²) < 4.78 is 27.2. The number of hydrogen-bond donors (Lipinski definition) is 2. The number of benzene rings is 2. The van der Waals surface area contributed by atoms with Gasteiger partial charge in [-0.15, -0.1) is 0 Å². The molecule has 9 heteroatoms. The van der Waals surface area contributed by atoms with Gasteiger partial charge in [0.1, 0.15) is 11.6 Å². The van der Waals surface area contributed by atoms with Gasteiger partial charge in [0, 0.05) is 58.1 Å². The van der Waals surface area contributed by atoms with E-state index in [0.717, 1.165) is 62.9 Å². The van der Waals surface area contributed by atoms with Crippen molar-refractivity contribution in [3.8, 4) is 0 Å². The molecule has 33 heavy (non-hydrogen) atoms. The number of anilines is 2. The molecule has 2 aromatic rings. The fraction of sp³-hybridized carbons (Fsp3) is 0.417. The molecule has 1 unspecified atom stereocenters. The second-order valence-electron chi connectivity index (χ2n) is 8.70. The molecular weight excluding hydrogens is 428 g/mol. The van der Waals surface area contributed by atoms with E-state index in [0.29, 0.717) is 0 Å². The highest BCUT2D eigenvalue weighted by Crippen LogP contribution is 2.31. The Balaban J connectivity index is 1.46. The molecule has 176 valence electrons. The maximum atomic E-state index is 13.8. The second kappa shape index (κ2) is 9.84. The lowest BCUT2D eigenvalue weighted by atomic mass is 10.00. The highest BCUT2D eigenvalue weighted by atomic mass is 19.1. The maximum absolute atomic E-state index is 13.8. The third kappa shape index (κ3) is 5.31. The molecule has 2 aromatic carbocycles. The van der Waals surface area contributed by atoms with E-state index in [9.17, 15) is 18.4 Å². The van der Waals surface area contributed by atoms with E-state index in [1.54, 1.807) is 0 Å². The molecule has 0 saturated carbocycles. The summed E-state index contributed by atoms with van der Waals surface area (Å²) in [5.41, 5.74) is 3.22. The van der Waals surface area contributed by atoms with E-state index in [-0.39, 0.29) is 18.3 Å². The van der Waals surface area contributed by atoms with Crippen LogP contribution in [0.2, 0.25) is 0 Å². The van der Waals surface area contributed by atoms with Crippen LogP contribution in [-0.2, 0) is 16.0 Å². The Morgan fingerprint density at radius 2 is 1.73 bits per heavy atom. The Labute approximate surface area is 192 Å². The summed E-state index contributed by atoms with van der Waals surface area (Å²) in [4.78, 5) is 31.6. The number of nitrogens with zero attached hydrogens (tertiary/aromatic N) is 3. The van der Waals surface area contributed by atoms with Crippen LogP contribution in [0.1, 0.15) is 17.2 Å². The van der Waals surface area contributed by atoms with Crippen molar-refractivity contribution in [1.82, 2.24) is 15.1 Å². The lowest BCUT2D eigenvalue weighted by molar-refractivity contribution is -0.136. The van der Waals surface area contributed by atoms with Crippen molar-refractivity contribution in [2.24, 2.45) is 0 Å². The predicted molar refractivity (Wildman–Crippen MR) is 123 cm³/mol. The van der Waals surface area contributed by atoms with Crippen molar-refractivity contribution in [3.63, 3.8) is 0 Å². The Morgan fingerprint density at radius 3 is 2.48 bits per heavy atom. The number of fused-ring (bicyclic) bond motifs is 1. The minimum absolute atomic E-state index is 0.0995. The molecule has 0 bridgehead atoms. The minimum Gasteiger partial charge on any atom is -0.374 e. The molecule has 1 fully saturated rings. The molecule has 2 N–H and O–H groups in total. The van der Waals surface area contributed by atoms with Crippen molar-refractivity contribution in [2.75, 3.05) is 63.6 Å². The molecule has 2 heterocycles. The SMILES string of the molecule is CN1CCN(C(CNC(=O)C(=O)Nc2cc(F)ccc2F)c2ccc3c(c2)CCN3C)CC1. The second-order valence-corrected chi connectivity index (χ2v) is 8.70. The highest BCUT2D eigenvalue weighted by Gasteiger charge is 2.27. The number of likely N-dealkylation sites (N-methyl/N-ethyl adjacent to an activating group) is 2. The number of rotatable bonds is 5. The molecule has 0 aromatic heterocycles. The fourth-order valence-corrected chi connectivity index (χ4v) is 4.43. The Bertz CT molecular complexity index is 1040. The summed E-state index contributed by atoms with van der Waals surface area (Å²) in [7, 11) is 4.15. The average molecular weight is 458 g/mol. The number of halogens is 2. The number of hydrogen-bond acceptors (Lipinski definition) is 5. The smallest absolute Gasteiger partial charge is 0.313 e. The normalized spacial score (nSPS) is 17.5. The Morgan fingerprint density at radius 1 is 0.970 bits per heavy atom. The monoisotopic (exact) mass is 457 g/mol. The largest absolute Gasteiger partial charge is 0.374 e. The van der Waals surface area contributed by atoms with Crippen LogP contribution >= 0.6 is 0 Å². The molecule has 2 aliphatic heterocycles. The van der Waals surface area contributed by atoms with Crippen LogP contribution in [0.15, 0.2) is 36.4 Å². The minimum atomic E-state index is -1.03. The topological polar surface area (TPSA) is 67.9 Å². The van der Waals surface area contributed by atoms with Crippen LogP contribution in [0.4, 0.5) is 20.2 Å². The third-order valence-electron chi connectivity index (χ3n) is 6.43. The predicted octanol–water partition coefficient (Wildman–Crippen LogP) is 2.00. The van der Waals surface area contributed by atoms with Crippen LogP contribution in [0, 0.1) is 11.6 Å². The van der Waals surface area contributed by atoms with Gasteiger partial charge in [-0.3, -0.25) is 14.5 Å². The van der Waals surface area contributed by atoms with Crippen LogP contribution in [0.3, 0.4) is 0 Å². The van der Waals surface area contributed by atoms with Gasteiger partial charge < -0.3 is 20.4 Å². The number of piperazine rings is 1. The van der Waals surface area contributed by atoms with E-state index in [4.69, 9.17) is 0 Å². The van der Waals surface area contributed by atoms with Crippen LogP contribution in [0.25, 0.3) is 0 Å². The first-order valence-corrected chi connectivity index (χ1v) is 11.1. The van der Waals surface area contributed by atoms with Gasteiger partial charge in [-0.25, -0.2) is 8.78 Å². The number of amides is 2. The molecular formula is C24H29F2N5O2. The number of carbonyl (C=O) groups is 2. The van der Waals surface area contributed by atoms with Gasteiger partial charge in [0.05, 0.1) is 11.7 Å². The Hall–Kier alpha value is -3.04. The van der Waals surface area contributed by atoms with Gasteiger partial charge in [0.25, 0.3) is 0 Å². The zero-order chi connectivity index (χ0) is 23.5. The molecule has 1 saturated heterocycles. The van der Waals surface area contributed by atoms with Gasteiger partial charge in [-0.2, -0.15) is 0 Å². The molecule has 4 rings (SSSR count). The molecule has 2 amide bonds. The van der Waals surface area contributed by atoms with Crippen LogP contribution in [-0.4, -0.2) is 75.0 Å². The average Bonchev–Trinajstić information content (AvgIpc) is 3.17. The van der Waals surface area contributed by atoms with Crippen LogP contribution in [0.5, 0.6) is 0 Å². The third-order valence-corrected chi connectivity index (χ3v) is 6.43. The van der Waals surface area contributed by atoms with Gasteiger partial charge in [0.15, 0.2) is 0 Å². The summed E-state index contributed by atoms with van der Waals surface area (Å²) in [5.74, 6) is -3.44. The first-order chi connectivity index (χ1) is 15.8. The first kappa shape index (κ1) is 23.1. The summed E-state index contributed by atoms with van der Waals surface area (Å²) in [5, 5.41) is 4.83. The molecule has 0 radical (unpaired) electrons. The van der Waals surface area contributed by atoms with Crippen molar-refractivity contribution in [2.45, 2.75) is 12.5 Å². The van der Waals surface area contributed by atoms with Crippen molar-refractivity contribution >= 4 is 23.2 Å².